The van der Waals surface area contributed by atoms with Gasteiger partial charge in [-0.2, -0.15) is 0 Å². The molecule has 0 spiro atoms. The van der Waals surface area contributed by atoms with Crippen LogP contribution in [0.1, 0.15) is 65.7 Å². The maximum absolute atomic E-state index is 11.7. The molecule has 0 aliphatic carbocycles. The third kappa shape index (κ3) is 7.40. The summed E-state index contributed by atoms with van der Waals surface area (Å²) in [6.07, 6.45) is 7.50. The van der Waals surface area contributed by atoms with Gasteiger partial charge in [0.2, 0.25) is 0 Å². The van der Waals surface area contributed by atoms with Gasteiger partial charge in [-0.25, -0.2) is 0 Å². The minimum Gasteiger partial charge on any atom is -0.465 e. The highest BCUT2D eigenvalue weighted by molar-refractivity contribution is 5.72. The third-order valence-electron chi connectivity index (χ3n) is 2.59. The molecule has 2 nitrogen and oxygen atoms in total. The molecule has 90 valence electrons. The number of esters is 1. The van der Waals surface area contributed by atoms with Crippen molar-refractivity contribution < 1.29 is 9.53 Å². The SMILES string of the molecule is CCCCC(CCCC)C(=O)OCCC. The fourth-order valence-electron chi connectivity index (χ4n) is 1.60. The van der Waals surface area contributed by atoms with Crippen molar-refractivity contribution in [1.29, 1.82) is 0 Å². The lowest BCUT2D eigenvalue weighted by Crippen LogP contribution is -2.18. The van der Waals surface area contributed by atoms with Crippen molar-refractivity contribution in [2.24, 2.45) is 5.92 Å². The maximum atomic E-state index is 11.7. The molecule has 0 aromatic rings. The highest BCUT2D eigenvalue weighted by Crippen LogP contribution is 2.17. The summed E-state index contributed by atoms with van der Waals surface area (Å²) in [7, 11) is 0. The highest BCUT2D eigenvalue weighted by Gasteiger charge is 2.18. The smallest absolute Gasteiger partial charge is 0.308 e. The van der Waals surface area contributed by atoms with Crippen LogP contribution in [0.2, 0.25) is 0 Å². The predicted octanol–water partition coefficient (Wildman–Crippen LogP) is 3.94. The molecule has 0 aromatic heterocycles. The molecule has 0 saturated carbocycles. The van der Waals surface area contributed by atoms with Crippen LogP contribution in [0.15, 0.2) is 0 Å². The Morgan fingerprint density at radius 2 is 1.53 bits per heavy atom. The van der Waals surface area contributed by atoms with E-state index in [4.69, 9.17) is 4.74 Å². The van der Waals surface area contributed by atoms with Gasteiger partial charge < -0.3 is 4.74 Å². The molecule has 15 heavy (non-hydrogen) atoms. The quantitative estimate of drug-likeness (QED) is 0.543. The van der Waals surface area contributed by atoms with Crippen LogP contribution in [0.5, 0.6) is 0 Å². The first kappa shape index (κ1) is 14.5. The van der Waals surface area contributed by atoms with Gasteiger partial charge in [0.05, 0.1) is 12.5 Å². The zero-order valence-corrected chi connectivity index (χ0v) is 10.6. The van der Waals surface area contributed by atoms with E-state index in [0.717, 1.165) is 44.9 Å². The maximum Gasteiger partial charge on any atom is 0.308 e. The standard InChI is InChI=1S/C13H26O2/c1-4-7-9-12(10-8-5-2)13(14)15-11-6-3/h12H,4-11H2,1-3H3. The van der Waals surface area contributed by atoms with Crippen LogP contribution in [-0.4, -0.2) is 12.6 Å². The normalized spacial score (nSPS) is 10.7. The highest BCUT2D eigenvalue weighted by atomic mass is 16.5. The van der Waals surface area contributed by atoms with Crippen LogP contribution in [0, 0.1) is 5.92 Å². The summed E-state index contributed by atoms with van der Waals surface area (Å²) < 4.78 is 5.21. The molecule has 0 N–H and O–H groups in total. The van der Waals surface area contributed by atoms with Crippen molar-refractivity contribution in [2.75, 3.05) is 6.61 Å². The number of rotatable bonds is 9. The van der Waals surface area contributed by atoms with Crippen LogP contribution in [0.4, 0.5) is 0 Å². The summed E-state index contributed by atoms with van der Waals surface area (Å²) in [5.41, 5.74) is 0. The third-order valence-corrected chi connectivity index (χ3v) is 2.59. The molecule has 0 aromatic carbocycles. The molecule has 0 atom stereocenters. The molecule has 0 saturated heterocycles. The predicted molar refractivity (Wildman–Crippen MR) is 63.8 cm³/mol. The number of ether oxygens (including phenoxy) is 1. The van der Waals surface area contributed by atoms with E-state index in [1.807, 2.05) is 6.92 Å². The van der Waals surface area contributed by atoms with Crippen LogP contribution in [0.25, 0.3) is 0 Å². The Kier molecular flexibility index (Phi) is 9.65. The average molecular weight is 214 g/mol. The summed E-state index contributed by atoms with van der Waals surface area (Å²) in [5, 5.41) is 0. The first-order valence-corrected chi connectivity index (χ1v) is 6.42. The lowest BCUT2D eigenvalue weighted by atomic mass is 9.96. The zero-order valence-electron chi connectivity index (χ0n) is 10.6. The molecular weight excluding hydrogens is 188 g/mol. The molecule has 0 amide bonds. The van der Waals surface area contributed by atoms with Crippen molar-refractivity contribution in [3.05, 3.63) is 0 Å². The summed E-state index contributed by atoms with van der Waals surface area (Å²) in [4.78, 5) is 11.7. The number of unbranched alkanes of at least 4 members (excludes halogenated alkanes) is 2. The number of carbonyl (C=O) groups excluding carboxylic acids is 1. The molecule has 0 radical (unpaired) electrons. The topological polar surface area (TPSA) is 26.3 Å². The van der Waals surface area contributed by atoms with E-state index >= 15 is 0 Å². The van der Waals surface area contributed by atoms with Crippen molar-refractivity contribution in [1.82, 2.24) is 0 Å². The van der Waals surface area contributed by atoms with E-state index in [1.54, 1.807) is 0 Å². The van der Waals surface area contributed by atoms with Crippen molar-refractivity contribution in [2.45, 2.75) is 65.7 Å². The van der Waals surface area contributed by atoms with Crippen molar-refractivity contribution in [3.63, 3.8) is 0 Å². The van der Waals surface area contributed by atoms with Crippen LogP contribution in [-0.2, 0) is 9.53 Å². The van der Waals surface area contributed by atoms with Gasteiger partial charge in [0.15, 0.2) is 0 Å². The fourth-order valence-corrected chi connectivity index (χ4v) is 1.60. The summed E-state index contributed by atoms with van der Waals surface area (Å²) in [6.45, 7) is 6.93. The van der Waals surface area contributed by atoms with Crippen molar-refractivity contribution in [3.8, 4) is 0 Å². The molecule has 0 fully saturated rings. The van der Waals surface area contributed by atoms with Crippen molar-refractivity contribution >= 4 is 5.97 Å². The van der Waals surface area contributed by atoms with E-state index in [9.17, 15) is 4.79 Å². The van der Waals surface area contributed by atoms with Gasteiger partial charge in [-0.05, 0) is 19.3 Å². The lowest BCUT2D eigenvalue weighted by molar-refractivity contribution is -0.149. The second-order valence-electron chi connectivity index (χ2n) is 4.15. The van der Waals surface area contributed by atoms with Gasteiger partial charge in [0, 0.05) is 0 Å². The second kappa shape index (κ2) is 10.0. The molecular formula is C13H26O2. The lowest BCUT2D eigenvalue weighted by Gasteiger charge is -2.14. The van der Waals surface area contributed by atoms with Crippen LogP contribution in [0.3, 0.4) is 0 Å². The first-order chi connectivity index (χ1) is 7.26. The Labute approximate surface area is 94.4 Å². The largest absolute Gasteiger partial charge is 0.465 e. The van der Waals surface area contributed by atoms with E-state index in [-0.39, 0.29) is 11.9 Å². The van der Waals surface area contributed by atoms with E-state index in [0.29, 0.717) is 6.61 Å². The zero-order chi connectivity index (χ0) is 11.5. The number of hydrogen-bond donors (Lipinski definition) is 0. The molecule has 0 aliphatic rings. The fraction of sp³-hybridized carbons (Fsp3) is 0.923. The van der Waals surface area contributed by atoms with Gasteiger partial charge in [0.1, 0.15) is 0 Å². The first-order valence-electron chi connectivity index (χ1n) is 6.42. The summed E-state index contributed by atoms with van der Waals surface area (Å²) in [5.74, 6) is 0.176. The second-order valence-corrected chi connectivity index (χ2v) is 4.15. The monoisotopic (exact) mass is 214 g/mol. The Morgan fingerprint density at radius 3 is 1.93 bits per heavy atom. The van der Waals surface area contributed by atoms with E-state index < -0.39 is 0 Å². The Balaban J connectivity index is 3.90. The molecule has 0 aliphatic heterocycles. The molecule has 0 heterocycles. The van der Waals surface area contributed by atoms with Gasteiger partial charge in [-0.15, -0.1) is 0 Å². The van der Waals surface area contributed by atoms with E-state index in [2.05, 4.69) is 13.8 Å². The molecule has 2 heteroatoms. The van der Waals surface area contributed by atoms with Crippen LogP contribution >= 0.6 is 0 Å². The summed E-state index contributed by atoms with van der Waals surface area (Å²) in [6, 6.07) is 0. The number of carbonyl (C=O) groups is 1. The number of hydrogen-bond acceptors (Lipinski definition) is 2. The minimum atomic E-state index is 0.0266. The van der Waals surface area contributed by atoms with Gasteiger partial charge in [-0.1, -0.05) is 46.5 Å². The Morgan fingerprint density at radius 1 is 1.00 bits per heavy atom. The van der Waals surface area contributed by atoms with Gasteiger partial charge >= 0.3 is 5.97 Å². The minimum absolute atomic E-state index is 0.0266. The Bertz CT molecular complexity index is 147. The average Bonchev–Trinajstić information content (AvgIpc) is 2.26. The molecule has 0 unspecified atom stereocenters. The Hall–Kier alpha value is -0.530. The van der Waals surface area contributed by atoms with Gasteiger partial charge in [-0.3, -0.25) is 4.79 Å². The van der Waals surface area contributed by atoms with E-state index in [1.165, 1.54) is 0 Å². The van der Waals surface area contributed by atoms with Gasteiger partial charge in [0.25, 0.3) is 0 Å². The molecule has 0 rings (SSSR count). The molecule has 0 bridgehead atoms. The summed E-state index contributed by atoms with van der Waals surface area (Å²) >= 11 is 0. The van der Waals surface area contributed by atoms with Crippen LogP contribution < -0.4 is 0 Å².